The molecule has 1 saturated heterocycles. The molecule has 0 atom stereocenters. The number of halogens is 1. The average molecular weight is 181 g/mol. The van der Waals surface area contributed by atoms with Crippen molar-refractivity contribution in [3.05, 3.63) is 29.3 Å². The van der Waals surface area contributed by atoms with Gasteiger partial charge in [-0.2, -0.15) is 0 Å². The van der Waals surface area contributed by atoms with Gasteiger partial charge in [-0.1, -0.05) is 11.6 Å². The molecular formula is C10H11ClN. The SMILES string of the molecule is Clc1c[c]c(N2CCCC2)cc1. The summed E-state index contributed by atoms with van der Waals surface area (Å²) < 4.78 is 0. The normalized spacial score (nSPS) is 16.9. The van der Waals surface area contributed by atoms with Crippen molar-refractivity contribution < 1.29 is 0 Å². The van der Waals surface area contributed by atoms with Crippen LogP contribution in [-0.4, -0.2) is 13.1 Å². The van der Waals surface area contributed by atoms with Gasteiger partial charge in [0, 0.05) is 29.9 Å². The Morgan fingerprint density at radius 3 is 2.58 bits per heavy atom. The van der Waals surface area contributed by atoms with Gasteiger partial charge in [0.05, 0.1) is 0 Å². The van der Waals surface area contributed by atoms with Crippen LogP contribution in [0, 0.1) is 6.07 Å². The Kier molecular flexibility index (Phi) is 2.22. The van der Waals surface area contributed by atoms with Gasteiger partial charge >= 0.3 is 0 Å². The van der Waals surface area contributed by atoms with Crippen molar-refractivity contribution in [2.75, 3.05) is 18.0 Å². The maximum atomic E-state index is 5.77. The fraction of sp³-hybridized carbons (Fsp3) is 0.400. The highest BCUT2D eigenvalue weighted by Crippen LogP contribution is 2.20. The van der Waals surface area contributed by atoms with E-state index >= 15 is 0 Å². The Morgan fingerprint density at radius 1 is 1.25 bits per heavy atom. The van der Waals surface area contributed by atoms with Crippen molar-refractivity contribution in [2.45, 2.75) is 12.8 Å². The zero-order chi connectivity index (χ0) is 8.39. The van der Waals surface area contributed by atoms with E-state index < -0.39 is 0 Å². The first-order chi connectivity index (χ1) is 5.86. The van der Waals surface area contributed by atoms with E-state index in [1.54, 1.807) is 0 Å². The molecule has 63 valence electrons. The van der Waals surface area contributed by atoms with E-state index in [4.69, 9.17) is 11.6 Å². The summed E-state index contributed by atoms with van der Waals surface area (Å²) in [5, 5.41) is 0.762. The quantitative estimate of drug-likeness (QED) is 0.643. The third-order valence-electron chi connectivity index (χ3n) is 2.21. The molecular weight excluding hydrogens is 170 g/mol. The van der Waals surface area contributed by atoms with Gasteiger partial charge in [0.2, 0.25) is 0 Å². The molecule has 0 aromatic heterocycles. The second kappa shape index (κ2) is 3.36. The van der Waals surface area contributed by atoms with E-state index in [0.29, 0.717) is 0 Å². The first kappa shape index (κ1) is 7.93. The molecule has 1 aliphatic rings. The highest BCUT2D eigenvalue weighted by molar-refractivity contribution is 6.30. The smallest absolute Gasteiger partial charge is 0.0447 e. The zero-order valence-corrected chi connectivity index (χ0v) is 7.64. The van der Waals surface area contributed by atoms with Crippen LogP contribution in [0.4, 0.5) is 5.69 Å². The Hall–Kier alpha value is -0.690. The van der Waals surface area contributed by atoms with E-state index in [0.717, 1.165) is 18.1 Å². The summed E-state index contributed by atoms with van der Waals surface area (Å²) in [4.78, 5) is 2.34. The molecule has 1 fully saturated rings. The van der Waals surface area contributed by atoms with Crippen LogP contribution in [0.3, 0.4) is 0 Å². The van der Waals surface area contributed by atoms with Crippen LogP contribution in [0.15, 0.2) is 18.2 Å². The molecule has 0 amide bonds. The van der Waals surface area contributed by atoms with E-state index in [1.165, 1.54) is 18.5 Å². The lowest BCUT2D eigenvalue weighted by molar-refractivity contribution is 0.949. The summed E-state index contributed by atoms with van der Waals surface area (Å²) in [6.07, 6.45) is 2.60. The van der Waals surface area contributed by atoms with Crippen LogP contribution < -0.4 is 4.90 Å². The van der Waals surface area contributed by atoms with E-state index in [9.17, 15) is 0 Å². The van der Waals surface area contributed by atoms with Gasteiger partial charge in [0.25, 0.3) is 0 Å². The van der Waals surface area contributed by atoms with Crippen LogP contribution >= 0.6 is 11.6 Å². The van der Waals surface area contributed by atoms with Gasteiger partial charge < -0.3 is 4.90 Å². The summed E-state index contributed by atoms with van der Waals surface area (Å²) in [5.41, 5.74) is 1.18. The standard InChI is InChI=1S/C10H11ClN/c11-9-3-5-10(6-4-9)12-7-1-2-8-12/h3-5H,1-2,7-8H2. The van der Waals surface area contributed by atoms with E-state index in [-0.39, 0.29) is 0 Å². The number of nitrogens with zero attached hydrogens (tertiary/aromatic N) is 1. The number of benzene rings is 1. The summed E-state index contributed by atoms with van der Waals surface area (Å²) in [6, 6.07) is 8.96. The van der Waals surface area contributed by atoms with Crippen molar-refractivity contribution in [1.29, 1.82) is 0 Å². The molecule has 12 heavy (non-hydrogen) atoms. The van der Waals surface area contributed by atoms with Crippen molar-refractivity contribution in [3.63, 3.8) is 0 Å². The molecule has 0 spiro atoms. The minimum atomic E-state index is 0.762. The molecule has 1 nitrogen and oxygen atoms in total. The average Bonchev–Trinajstić information content (AvgIpc) is 2.58. The Labute approximate surface area is 77.9 Å². The zero-order valence-electron chi connectivity index (χ0n) is 6.89. The molecule has 1 heterocycles. The summed E-state index contributed by atoms with van der Waals surface area (Å²) >= 11 is 5.77. The van der Waals surface area contributed by atoms with Crippen LogP contribution in [-0.2, 0) is 0 Å². The number of anilines is 1. The Bertz CT molecular complexity index is 249. The maximum absolute atomic E-state index is 5.77. The third kappa shape index (κ3) is 1.56. The van der Waals surface area contributed by atoms with Gasteiger partial charge in [-0.3, -0.25) is 0 Å². The highest BCUT2D eigenvalue weighted by Gasteiger charge is 2.11. The topological polar surface area (TPSA) is 3.24 Å². The molecule has 2 heteroatoms. The minimum Gasteiger partial charge on any atom is -0.371 e. The maximum Gasteiger partial charge on any atom is 0.0447 e. The fourth-order valence-electron chi connectivity index (χ4n) is 1.55. The molecule has 0 bridgehead atoms. The lowest BCUT2D eigenvalue weighted by atomic mass is 10.3. The molecule has 1 aliphatic heterocycles. The van der Waals surface area contributed by atoms with Crippen molar-refractivity contribution in [2.24, 2.45) is 0 Å². The van der Waals surface area contributed by atoms with Crippen LogP contribution in [0.2, 0.25) is 5.02 Å². The second-order valence-electron chi connectivity index (χ2n) is 3.09. The molecule has 0 N–H and O–H groups in total. The number of rotatable bonds is 1. The summed E-state index contributed by atoms with van der Waals surface area (Å²) in [7, 11) is 0. The van der Waals surface area contributed by atoms with Gasteiger partial charge in [-0.05, 0) is 31.0 Å². The van der Waals surface area contributed by atoms with Crippen molar-refractivity contribution in [1.82, 2.24) is 0 Å². The second-order valence-corrected chi connectivity index (χ2v) is 3.52. The minimum absolute atomic E-state index is 0.762. The molecule has 0 unspecified atom stereocenters. The van der Waals surface area contributed by atoms with Gasteiger partial charge in [0.1, 0.15) is 0 Å². The monoisotopic (exact) mass is 180 g/mol. The first-order valence-corrected chi connectivity index (χ1v) is 4.66. The number of hydrogen-bond donors (Lipinski definition) is 0. The first-order valence-electron chi connectivity index (χ1n) is 4.28. The summed E-state index contributed by atoms with van der Waals surface area (Å²) in [6.45, 7) is 2.33. The predicted octanol–water partition coefficient (Wildman–Crippen LogP) is 2.74. The number of hydrogen-bond acceptors (Lipinski definition) is 1. The van der Waals surface area contributed by atoms with E-state index in [1.807, 2.05) is 18.2 Å². The highest BCUT2D eigenvalue weighted by atomic mass is 35.5. The van der Waals surface area contributed by atoms with Gasteiger partial charge in [-0.25, -0.2) is 0 Å². The molecule has 0 saturated carbocycles. The van der Waals surface area contributed by atoms with E-state index in [2.05, 4.69) is 11.0 Å². The van der Waals surface area contributed by atoms with Gasteiger partial charge in [0.15, 0.2) is 0 Å². The van der Waals surface area contributed by atoms with Crippen molar-refractivity contribution >= 4 is 17.3 Å². The van der Waals surface area contributed by atoms with Crippen LogP contribution in [0.25, 0.3) is 0 Å². The van der Waals surface area contributed by atoms with Crippen molar-refractivity contribution in [3.8, 4) is 0 Å². The largest absolute Gasteiger partial charge is 0.371 e. The lowest BCUT2D eigenvalue weighted by Crippen LogP contribution is -2.17. The molecule has 1 aromatic carbocycles. The van der Waals surface area contributed by atoms with Gasteiger partial charge in [-0.15, -0.1) is 0 Å². The summed E-state index contributed by atoms with van der Waals surface area (Å²) in [5.74, 6) is 0. The lowest BCUT2D eigenvalue weighted by Gasteiger charge is -2.16. The molecule has 0 aliphatic carbocycles. The Balaban J connectivity index is 2.17. The fourth-order valence-corrected chi connectivity index (χ4v) is 1.67. The third-order valence-corrected chi connectivity index (χ3v) is 2.44. The molecule has 1 radical (unpaired) electrons. The predicted molar refractivity (Wildman–Crippen MR) is 51.7 cm³/mol. The molecule has 2 rings (SSSR count). The van der Waals surface area contributed by atoms with Crippen LogP contribution in [0.5, 0.6) is 0 Å². The van der Waals surface area contributed by atoms with Crippen LogP contribution in [0.1, 0.15) is 12.8 Å². The molecule has 1 aromatic rings. The Morgan fingerprint density at radius 2 is 2.00 bits per heavy atom.